The first-order chi connectivity index (χ1) is 14.2. The Hall–Kier alpha value is -1.54. The summed E-state index contributed by atoms with van der Waals surface area (Å²) in [6.45, 7) is 9.91. The molecule has 1 heterocycles. The van der Waals surface area contributed by atoms with Crippen molar-refractivity contribution in [3.63, 3.8) is 0 Å². The van der Waals surface area contributed by atoms with Gasteiger partial charge in [-0.25, -0.2) is 0 Å². The van der Waals surface area contributed by atoms with Gasteiger partial charge < -0.3 is 4.74 Å². The summed E-state index contributed by atoms with van der Waals surface area (Å²) in [5.74, 6) is 1.06. The van der Waals surface area contributed by atoms with Gasteiger partial charge in [0.1, 0.15) is 5.75 Å². The van der Waals surface area contributed by atoms with Crippen LogP contribution in [0.4, 0.5) is 0 Å². The maximum Gasteiger partial charge on any atom is 0.123 e. The predicted molar refractivity (Wildman–Crippen MR) is 131 cm³/mol. The number of ether oxygens (including phenoxy) is 1. The summed E-state index contributed by atoms with van der Waals surface area (Å²) in [5, 5.41) is 2.80. The Morgan fingerprint density at radius 3 is 2.03 bits per heavy atom. The zero-order valence-electron chi connectivity index (χ0n) is 18.9. The molecule has 0 atom stereocenters. The van der Waals surface area contributed by atoms with Gasteiger partial charge in [0.25, 0.3) is 0 Å². The number of rotatable bonds is 12. The summed E-state index contributed by atoms with van der Waals surface area (Å²) < 4.78 is 9.00. The van der Waals surface area contributed by atoms with E-state index >= 15 is 0 Å². The fourth-order valence-corrected chi connectivity index (χ4v) is 5.57. The molecule has 1 aromatic heterocycles. The normalized spacial score (nSPS) is 11.6. The highest BCUT2D eigenvalue weighted by Gasteiger charge is 2.14. The maximum absolute atomic E-state index is 6.13. The molecule has 0 unspecified atom stereocenters. The van der Waals surface area contributed by atoms with Crippen LogP contribution in [0, 0.1) is 13.8 Å². The lowest BCUT2D eigenvalue weighted by Gasteiger charge is -2.09. The average molecular weight is 411 g/mol. The minimum absolute atomic E-state index is 0.832. The predicted octanol–water partition coefficient (Wildman–Crippen LogP) is 9.14. The van der Waals surface area contributed by atoms with E-state index in [0.29, 0.717) is 0 Å². The Balaban J connectivity index is 1.77. The zero-order valence-corrected chi connectivity index (χ0v) is 19.7. The van der Waals surface area contributed by atoms with Crippen molar-refractivity contribution in [1.29, 1.82) is 0 Å². The Labute approximate surface area is 181 Å². The fraction of sp³-hybridized carbons (Fsp3) is 0.556. The van der Waals surface area contributed by atoms with Gasteiger partial charge in [0, 0.05) is 25.7 Å². The van der Waals surface area contributed by atoms with Crippen molar-refractivity contribution in [2.75, 3.05) is 6.61 Å². The van der Waals surface area contributed by atoms with Crippen molar-refractivity contribution >= 4 is 31.5 Å². The molecule has 29 heavy (non-hydrogen) atoms. The second-order valence-electron chi connectivity index (χ2n) is 8.47. The third kappa shape index (κ3) is 5.34. The quantitative estimate of drug-likeness (QED) is 0.270. The molecule has 2 heteroatoms. The molecule has 0 bridgehead atoms. The van der Waals surface area contributed by atoms with Crippen LogP contribution < -0.4 is 4.74 Å². The Bertz CT molecular complexity index is 847. The van der Waals surface area contributed by atoms with E-state index in [0.717, 1.165) is 18.8 Å². The molecule has 3 rings (SSSR count). The summed E-state index contributed by atoms with van der Waals surface area (Å²) in [6.07, 6.45) is 12.9. The topological polar surface area (TPSA) is 9.23 Å². The lowest BCUT2D eigenvalue weighted by molar-refractivity contribution is 0.303. The third-order valence-corrected chi connectivity index (χ3v) is 7.63. The molecule has 3 aromatic rings. The van der Waals surface area contributed by atoms with Crippen molar-refractivity contribution in [2.45, 2.75) is 91.9 Å². The number of benzene rings is 2. The molecule has 0 fully saturated rings. The van der Waals surface area contributed by atoms with E-state index in [1.807, 2.05) is 11.3 Å². The third-order valence-electron chi connectivity index (χ3n) is 6.17. The van der Waals surface area contributed by atoms with E-state index in [1.165, 1.54) is 94.7 Å². The van der Waals surface area contributed by atoms with Gasteiger partial charge >= 0.3 is 0 Å². The maximum atomic E-state index is 6.13. The Morgan fingerprint density at radius 1 is 0.690 bits per heavy atom. The SMILES string of the molecule is CCCCCCCc1ccc2c(sc3c(C)c(OCCCCCC)ccc32)c1C. The van der Waals surface area contributed by atoms with E-state index in [-0.39, 0.29) is 0 Å². The van der Waals surface area contributed by atoms with Crippen molar-refractivity contribution < 1.29 is 4.74 Å². The number of aryl methyl sites for hydroxylation is 3. The van der Waals surface area contributed by atoms with E-state index in [1.54, 1.807) is 0 Å². The highest BCUT2D eigenvalue weighted by molar-refractivity contribution is 7.26. The molecular formula is C27H38OS. The van der Waals surface area contributed by atoms with E-state index < -0.39 is 0 Å². The van der Waals surface area contributed by atoms with Crippen LogP contribution in [-0.2, 0) is 6.42 Å². The minimum Gasteiger partial charge on any atom is -0.493 e. The second-order valence-corrected chi connectivity index (χ2v) is 9.49. The highest BCUT2D eigenvalue weighted by Crippen LogP contribution is 2.41. The van der Waals surface area contributed by atoms with Crippen LogP contribution in [-0.4, -0.2) is 6.61 Å². The first-order valence-corrected chi connectivity index (χ1v) is 12.6. The molecule has 2 aromatic carbocycles. The molecule has 0 saturated carbocycles. The Morgan fingerprint density at radius 2 is 1.31 bits per heavy atom. The molecule has 0 amide bonds. The second kappa shape index (κ2) is 11.0. The minimum atomic E-state index is 0.832. The lowest BCUT2D eigenvalue weighted by Crippen LogP contribution is -1.98. The van der Waals surface area contributed by atoms with Gasteiger partial charge in [0.05, 0.1) is 6.61 Å². The summed E-state index contributed by atoms with van der Waals surface area (Å²) in [4.78, 5) is 0. The lowest BCUT2D eigenvalue weighted by atomic mass is 9.99. The van der Waals surface area contributed by atoms with Gasteiger partial charge in [-0.05, 0) is 56.4 Å². The van der Waals surface area contributed by atoms with Crippen LogP contribution in [0.25, 0.3) is 20.2 Å². The standard InChI is InChI=1S/C27H38OS/c1-5-7-9-11-12-14-22-15-16-23-24-17-18-25(28-19-13-10-8-6-2)21(4)27(24)29-26(23)20(22)3/h15-18H,5-14,19H2,1-4H3. The molecule has 0 aliphatic rings. The summed E-state index contributed by atoms with van der Waals surface area (Å²) in [7, 11) is 0. The Kier molecular flexibility index (Phi) is 8.41. The van der Waals surface area contributed by atoms with Gasteiger partial charge in [-0.1, -0.05) is 70.9 Å². The number of hydrogen-bond acceptors (Lipinski definition) is 2. The summed E-state index contributed by atoms with van der Waals surface area (Å²) in [5.41, 5.74) is 4.32. The number of hydrogen-bond donors (Lipinski definition) is 0. The molecule has 0 aliphatic carbocycles. The van der Waals surface area contributed by atoms with Crippen molar-refractivity contribution in [1.82, 2.24) is 0 Å². The van der Waals surface area contributed by atoms with E-state index in [4.69, 9.17) is 4.74 Å². The van der Waals surface area contributed by atoms with Crippen LogP contribution in [0.1, 0.15) is 88.3 Å². The van der Waals surface area contributed by atoms with Gasteiger partial charge in [-0.3, -0.25) is 0 Å². The summed E-state index contributed by atoms with van der Waals surface area (Å²) >= 11 is 1.96. The summed E-state index contributed by atoms with van der Waals surface area (Å²) in [6, 6.07) is 9.18. The van der Waals surface area contributed by atoms with Crippen LogP contribution >= 0.6 is 11.3 Å². The highest BCUT2D eigenvalue weighted by atomic mass is 32.1. The fourth-order valence-electron chi connectivity index (χ4n) is 4.25. The first-order valence-electron chi connectivity index (χ1n) is 11.7. The smallest absolute Gasteiger partial charge is 0.123 e. The van der Waals surface area contributed by atoms with Crippen molar-refractivity contribution in [3.8, 4) is 5.75 Å². The molecule has 0 aliphatic heterocycles. The van der Waals surface area contributed by atoms with Gasteiger partial charge in [0.15, 0.2) is 0 Å². The number of unbranched alkanes of at least 4 members (excludes halogenated alkanes) is 7. The van der Waals surface area contributed by atoms with Crippen LogP contribution in [0.5, 0.6) is 5.75 Å². The van der Waals surface area contributed by atoms with Crippen LogP contribution in [0.2, 0.25) is 0 Å². The van der Waals surface area contributed by atoms with Crippen molar-refractivity contribution in [2.24, 2.45) is 0 Å². The van der Waals surface area contributed by atoms with Crippen LogP contribution in [0.3, 0.4) is 0 Å². The van der Waals surface area contributed by atoms with E-state index in [2.05, 4.69) is 52.0 Å². The average Bonchev–Trinajstić information content (AvgIpc) is 3.11. The molecule has 0 spiro atoms. The van der Waals surface area contributed by atoms with Gasteiger partial charge in [-0.15, -0.1) is 11.3 Å². The molecule has 0 radical (unpaired) electrons. The molecule has 0 N–H and O–H groups in total. The monoisotopic (exact) mass is 410 g/mol. The molecular weight excluding hydrogens is 372 g/mol. The van der Waals surface area contributed by atoms with Gasteiger partial charge in [-0.2, -0.15) is 0 Å². The largest absolute Gasteiger partial charge is 0.493 e. The van der Waals surface area contributed by atoms with Gasteiger partial charge in [0.2, 0.25) is 0 Å². The van der Waals surface area contributed by atoms with E-state index in [9.17, 15) is 0 Å². The molecule has 1 nitrogen and oxygen atoms in total. The number of fused-ring (bicyclic) bond motifs is 3. The van der Waals surface area contributed by atoms with Crippen molar-refractivity contribution in [3.05, 3.63) is 41.0 Å². The number of thiophene rings is 1. The zero-order chi connectivity index (χ0) is 20.6. The molecule has 0 saturated heterocycles. The first kappa shape index (κ1) is 22.2. The van der Waals surface area contributed by atoms with Crippen LogP contribution in [0.15, 0.2) is 24.3 Å². The molecule has 158 valence electrons.